The molecule has 0 atom stereocenters. The fraction of sp³-hybridized carbons (Fsp3) is 0.222. The molecule has 1 aromatic rings. The molecule has 0 radical (unpaired) electrons. The normalized spacial score (nSPS) is 9.73. The number of hydrogen-bond donors (Lipinski definition) is 2. The van der Waals surface area contributed by atoms with E-state index in [1.54, 1.807) is 0 Å². The van der Waals surface area contributed by atoms with Crippen molar-refractivity contribution in [2.45, 2.75) is 0 Å². The zero-order valence-electron chi connectivity index (χ0n) is 7.80. The van der Waals surface area contributed by atoms with Gasteiger partial charge in [-0.3, -0.25) is 0 Å². The van der Waals surface area contributed by atoms with Gasteiger partial charge in [0.05, 0.1) is 11.6 Å². The van der Waals surface area contributed by atoms with Crippen molar-refractivity contribution in [1.82, 2.24) is 5.32 Å². The molecular weight excluding hydrogens is 239 g/mol. The Morgan fingerprint density at radius 3 is 2.93 bits per heavy atom. The zero-order chi connectivity index (χ0) is 11.3. The van der Waals surface area contributed by atoms with Crippen LogP contribution in [-0.4, -0.2) is 18.3 Å². The predicted molar refractivity (Wildman–Crippen MR) is 61.7 cm³/mol. The summed E-state index contributed by atoms with van der Waals surface area (Å²) >= 11 is 10.3. The molecule has 0 spiro atoms. The van der Waals surface area contributed by atoms with Crippen LogP contribution >= 0.6 is 23.8 Å². The number of rotatable bonds is 4. The van der Waals surface area contributed by atoms with Crippen molar-refractivity contribution >= 4 is 28.9 Å². The van der Waals surface area contributed by atoms with E-state index in [0.717, 1.165) is 0 Å². The number of ether oxygens (including phenoxy) is 1. The molecule has 0 aliphatic rings. The lowest BCUT2D eigenvalue weighted by molar-refractivity contribution is 0.322. The first-order chi connectivity index (χ1) is 7.09. The van der Waals surface area contributed by atoms with Crippen molar-refractivity contribution in [3.05, 3.63) is 29.0 Å². The lowest BCUT2D eigenvalue weighted by Crippen LogP contribution is -2.32. The quantitative estimate of drug-likeness (QED) is 0.629. The van der Waals surface area contributed by atoms with Crippen LogP contribution < -0.4 is 15.8 Å². The van der Waals surface area contributed by atoms with Gasteiger partial charge in [-0.1, -0.05) is 11.6 Å². The van der Waals surface area contributed by atoms with Crippen LogP contribution in [0.5, 0.6) is 5.75 Å². The molecule has 0 amide bonds. The zero-order valence-corrected chi connectivity index (χ0v) is 9.37. The first-order valence-corrected chi connectivity index (χ1v) is 4.99. The fourth-order valence-electron chi connectivity index (χ4n) is 0.927. The first-order valence-electron chi connectivity index (χ1n) is 4.21. The summed E-state index contributed by atoms with van der Waals surface area (Å²) in [5.74, 6) is 0.0383. The molecule has 3 nitrogen and oxygen atoms in total. The lowest BCUT2D eigenvalue weighted by Gasteiger charge is -2.08. The molecule has 0 unspecified atom stereocenters. The van der Waals surface area contributed by atoms with E-state index >= 15 is 0 Å². The van der Waals surface area contributed by atoms with Gasteiger partial charge in [0, 0.05) is 0 Å². The molecule has 0 aliphatic carbocycles. The number of nitrogens with two attached hydrogens (primary N) is 1. The van der Waals surface area contributed by atoms with Gasteiger partial charge in [0.15, 0.2) is 5.11 Å². The van der Waals surface area contributed by atoms with Crippen molar-refractivity contribution in [3.63, 3.8) is 0 Å². The Balaban J connectivity index is 2.40. The molecular formula is C9H10ClFN2OS. The molecule has 0 saturated carbocycles. The third-order valence-electron chi connectivity index (χ3n) is 1.55. The van der Waals surface area contributed by atoms with Gasteiger partial charge in [0.25, 0.3) is 0 Å². The monoisotopic (exact) mass is 248 g/mol. The molecule has 6 heteroatoms. The van der Waals surface area contributed by atoms with Crippen LogP contribution in [0.15, 0.2) is 18.2 Å². The van der Waals surface area contributed by atoms with E-state index in [1.165, 1.54) is 18.2 Å². The van der Waals surface area contributed by atoms with E-state index in [-0.39, 0.29) is 10.1 Å². The SMILES string of the molecule is NC(=S)NCCOc1ccc(F)cc1Cl. The summed E-state index contributed by atoms with van der Waals surface area (Å²) in [6.07, 6.45) is 0. The van der Waals surface area contributed by atoms with Crippen LogP contribution in [0.1, 0.15) is 0 Å². The van der Waals surface area contributed by atoms with E-state index in [0.29, 0.717) is 18.9 Å². The van der Waals surface area contributed by atoms with Crippen LogP contribution in [0.2, 0.25) is 5.02 Å². The minimum absolute atomic E-state index is 0.212. The highest BCUT2D eigenvalue weighted by atomic mass is 35.5. The van der Waals surface area contributed by atoms with Crippen molar-refractivity contribution in [2.75, 3.05) is 13.2 Å². The smallest absolute Gasteiger partial charge is 0.163 e. The van der Waals surface area contributed by atoms with E-state index < -0.39 is 5.82 Å². The molecule has 0 saturated heterocycles. The standard InChI is InChI=1S/C9H10ClFN2OS/c10-7-5-6(11)1-2-8(7)14-4-3-13-9(12)15/h1-2,5H,3-4H2,(H3,12,13,15). The Bertz CT molecular complexity index is 362. The number of nitrogens with one attached hydrogen (secondary N) is 1. The fourth-order valence-corrected chi connectivity index (χ4v) is 1.25. The molecule has 3 N–H and O–H groups in total. The van der Waals surface area contributed by atoms with Crippen molar-refractivity contribution < 1.29 is 9.13 Å². The van der Waals surface area contributed by atoms with Crippen LogP contribution in [0.3, 0.4) is 0 Å². The molecule has 1 aromatic carbocycles. The van der Waals surface area contributed by atoms with Crippen molar-refractivity contribution in [2.24, 2.45) is 5.73 Å². The molecule has 1 rings (SSSR count). The van der Waals surface area contributed by atoms with Gasteiger partial charge in [-0.05, 0) is 30.4 Å². The summed E-state index contributed by atoms with van der Waals surface area (Å²) < 4.78 is 17.9. The van der Waals surface area contributed by atoms with Gasteiger partial charge in [0.1, 0.15) is 18.2 Å². The Hall–Kier alpha value is -1.07. The van der Waals surface area contributed by atoms with Crippen molar-refractivity contribution in [3.8, 4) is 5.75 Å². The number of halogens is 2. The topological polar surface area (TPSA) is 47.3 Å². The maximum Gasteiger partial charge on any atom is 0.163 e. The molecule has 0 aromatic heterocycles. The summed E-state index contributed by atoms with van der Waals surface area (Å²) in [6.45, 7) is 0.825. The third kappa shape index (κ3) is 4.31. The van der Waals surface area contributed by atoms with Crippen molar-refractivity contribution in [1.29, 1.82) is 0 Å². The number of hydrogen-bond acceptors (Lipinski definition) is 2. The predicted octanol–water partition coefficient (Wildman–Crippen LogP) is 1.69. The lowest BCUT2D eigenvalue weighted by atomic mass is 10.3. The Morgan fingerprint density at radius 1 is 1.60 bits per heavy atom. The average molecular weight is 249 g/mol. The molecule has 0 aliphatic heterocycles. The van der Waals surface area contributed by atoms with Crippen LogP contribution in [0.25, 0.3) is 0 Å². The van der Waals surface area contributed by atoms with Gasteiger partial charge >= 0.3 is 0 Å². The maximum atomic E-state index is 12.7. The van der Waals surface area contributed by atoms with Gasteiger partial charge < -0.3 is 15.8 Å². The van der Waals surface area contributed by atoms with Gasteiger partial charge in [-0.2, -0.15) is 0 Å². The Morgan fingerprint density at radius 2 is 2.33 bits per heavy atom. The van der Waals surface area contributed by atoms with E-state index in [9.17, 15) is 4.39 Å². The highest BCUT2D eigenvalue weighted by Gasteiger charge is 2.02. The molecule has 0 fully saturated rings. The Labute approximate surface area is 97.4 Å². The summed E-state index contributed by atoms with van der Waals surface area (Å²) in [5, 5.41) is 3.17. The Kier molecular flexibility index (Phi) is 4.58. The summed E-state index contributed by atoms with van der Waals surface area (Å²) in [6, 6.07) is 3.94. The van der Waals surface area contributed by atoms with Crippen LogP contribution in [-0.2, 0) is 0 Å². The summed E-state index contributed by atoms with van der Waals surface area (Å²) in [5.41, 5.74) is 5.21. The van der Waals surface area contributed by atoms with Gasteiger partial charge in [-0.25, -0.2) is 4.39 Å². The third-order valence-corrected chi connectivity index (χ3v) is 1.99. The highest BCUT2D eigenvalue weighted by Crippen LogP contribution is 2.24. The maximum absolute atomic E-state index is 12.7. The van der Waals surface area contributed by atoms with Gasteiger partial charge in [0.2, 0.25) is 0 Å². The molecule has 15 heavy (non-hydrogen) atoms. The second-order valence-corrected chi connectivity index (χ2v) is 3.56. The van der Waals surface area contributed by atoms with Crippen LogP contribution in [0.4, 0.5) is 4.39 Å². The molecule has 0 heterocycles. The second kappa shape index (κ2) is 5.72. The number of thiocarbonyl (C=S) groups is 1. The summed E-state index contributed by atoms with van der Waals surface area (Å²) in [7, 11) is 0. The van der Waals surface area contributed by atoms with E-state index in [4.69, 9.17) is 22.1 Å². The molecule has 82 valence electrons. The molecule has 0 bridgehead atoms. The summed E-state index contributed by atoms with van der Waals surface area (Å²) in [4.78, 5) is 0. The first kappa shape index (κ1) is 12.0. The van der Waals surface area contributed by atoms with Gasteiger partial charge in [-0.15, -0.1) is 0 Å². The van der Waals surface area contributed by atoms with Crippen LogP contribution in [0, 0.1) is 5.82 Å². The minimum Gasteiger partial charge on any atom is -0.490 e. The average Bonchev–Trinajstić information content (AvgIpc) is 2.14. The minimum atomic E-state index is -0.395. The number of benzene rings is 1. The highest BCUT2D eigenvalue weighted by molar-refractivity contribution is 7.80. The largest absolute Gasteiger partial charge is 0.490 e. The second-order valence-electron chi connectivity index (χ2n) is 2.71. The van der Waals surface area contributed by atoms with E-state index in [1.807, 2.05) is 0 Å². The van der Waals surface area contributed by atoms with E-state index in [2.05, 4.69) is 17.5 Å².